The largest absolute Gasteiger partial charge is 0.489 e. The van der Waals surface area contributed by atoms with Crippen LogP contribution in [0.3, 0.4) is 0 Å². The van der Waals surface area contributed by atoms with Gasteiger partial charge in [-0.3, -0.25) is 9.59 Å². The smallest absolute Gasteiger partial charge is 0.307 e. The molecule has 1 spiro atoms. The van der Waals surface area contributed by atoms with Crippen LogP contribution in [0.2, 0.25) is 0 Å². The van der Waals surface area contributed by atoms with Crippen molar-refractivity contribution in [3.05, 3.63) is 65.2 Å². The zero-order chi connectivity index (χ0) is 20.2. The van der Waals surface area contributed by atoms with Crippen molar-refractivity contribution in [2.24, 2.45) is 17.8 Å². The van der Waals surface area contributed by atoms with Crippen molar-refractivity contribution in [3.63, 3.8) is 0 Å². The number of carbonyl (C=O) groups excluding carboxylic acids is 1. The van der Waals surface area contributed by atoms with E-state index in [1.54, 1.807) is 0 Å². The molecule has 1 saturated heterocycles. The molecule has 150 valence electrons. The Labute approximate surface area is 170 Å². The number of benzene rings is 2. The van der Waals surface area contributed by atoms with Crippen molar-refractivity contribution in [2.45, 2.75) is 38.3 Å². The molecule has 1 aliphatic carbocycles. The standard InChI is InChI=1S/C24H25NO4/c1-15-13-24-19-11-18(29-14-16-5-3-2-4-6-16)8-7-17(19)9-10-25(24)21(26)12-20(24)22(15)23(27)28/h2-8,11,15,20,22H,9-10,12-14H2,1H3,(H,27,28). The van der Waals surface area contributed by atoms with Gasteiger partial charge in [0, 0.05) is 18.9 Å². The van der Waals surface area contributed by atoms with Gasteiger partial charge in [-0.2, -0.15) is 0 Å². The van der Waals surface area contributed by atoms with Crippen molar-refractivity contribution in [3.8, 4) is 5.75 Å². The summed E-state index contributed by atoms with van der Waals surface area (Å²) in [4.78, 5) is 26.8. The SMILES string of the molecule is CC1CC23c4cc(OCc5ccccc5)ccc4CCN2C(=O)CC3C1C(=O)O. The number of hydrogen-bond donors (Lipinski definition) is 1. The number of amides is 1. The highest BCUT2D eigenvalue weighted by Crippen LogP contribution is 2.61. The highest BCUT2D eigenvalue weighted by molar-refractivity contribution is 5.84. The van der Waals surface area contributed by atoms with E-state index in [1.165, 1.54) is 5.56 Å². The van der Waals surface area contributed by atoms with E-state index in [0.717, 1.165) is 23.3 Å². The van der Waals surface area contributed by atoms with Gasteiger partial charge in [0.2, 0.25) is 5.91 Å². The zero-order valence-corrected chi connectivity index (χ0v) is 16.5. The first-order valence-electron chi connectivity index (χ1n) is 10.3. The molecule has 3 aliphatic rings. The van der Waals surface area contributed by atoms with Gasteiger partial charge < -0.3 is 14.7 Å². The Hall–Kier alpha value is -2.82. The lowest BCUT2D eigenvalue weighted by Crippen LogP contribution is -2.49. The maximum Gasteiger partial charge on any atom is 0.307 e. The summed E-state index contributed by atoms with van der Waals surface area (Å²) in [6.07, 6.45) is 1.84. The number of rotatable bonds is 4. The van der Waals surface area contributed by atoms with Crippen molar-refractivity contribution in [1.29, 1.82) is 0 Å². The number of hydrogen-bond acceptors (Lipinski definition) is 3. The van der Waals surface area contributed by atoms with Gasteiger partial charge in [-0.25, -0.2) is 0 Å². The van der Waals surface area contributed by atoms with E-state index in [-0.39, 0.29) is 17.7 Å². The maximum absolute atomic E-state index is 12.8. The average Bonchev–Trinajstić information content (AvgIpc) is 3.15. The molecule has 2 aromatic carbocycles. The van der Waals surface area contributed by atoms with Gasteiger partial charge >= 0.3 is 5.97 Å². The molecule has 2 aromatic rings. The second-order valence-electron chi connectivity index (χ2n) is 8.67. The van der Waals surface area contributed by atoms with Crippen molar-refractivity contribution >= 4 is 11.9 Å². The molecule has 1 saturated carbocycles. The van der Waals surface area contributed by atoms with Crippen LogP contribution in [0.1, 0.15) is 36.5 Å². The van der Waals surface area contributed by atoms with E-state index in [4.69, 9.17) is 4.74 Å². The summed E-state index contributed by atoms with van der Waals surface area (Å²) in [6.45, 7) is 3.16. The highest BCUT2D eigenvalue weighted by atomic mass is 16.5. The van der Waals surface area contributed by atoms with Gasteiger partial charge in [0.15, 0.2) is 0 Å². The lowest BCUT2D eigenvalue weighted by molar-refractivity contribution is -0.144. The van der Waals surface area contributed by atoms with E-state index in [1.807, 2.05) is 48.2 Å². The van der Waals surface area contributed by atoms with Crippen LogP contribution in [-0.2, 0) is 28.2 Å². The van der Waals surface area contributed by atoms with Crippen LogP contribution in [0.5, 0.6) is 5.75 Å². The first-order valence-corrected chi connectivity index (χ1v) is 10.3. The van der Waals surface area contributed by atoms with Crippen LogP contribution >= 0.6 is 0 Å². The normalized spacial score (nSPS) is 29.9. The minimum Gasteiger partial charge on any atom is -0.489 e. The van der Waals surface area contributed by atoms with Crippen LogP contribution in [0.25, 0.3) is 0 Å². The molecule has 0 aromatic heterocycles. The summed E-state index contributed by atoms with van der Waals surface area (Å²) < 4.78 is 6.06. The van der Waals surface area contributed by atoms with E-state index in [9.17, 15) is 14.7 Å². The Kier molecular flexibility index (Phi) is 4.16. The van der Waals surface area contributed by atoms with Crippen LogP contribution < -0.4 is 4.74 Å². The lowest BCUT2D eigenvalue weighted by Gasteiger charge is -2.44. The Morgan fingerprint density at radius 2 is 2.03 bits per heavy atom. The van der Waals surface area contributed by atoms with Crippen LogP contribution in [0, 0.1) is 17.8 Å². The Morgan fingerprint density at radius 3 is 2.79 bits per heavy atom. The molecule has 1 N–H and O–H groups in total. The zero-order valence-electron chi connectivity index (χ0n) is 16.5. The summed E-state index contributed by atoms with van der Waals surface area (Å²) in [5, 5.41) is 9.86. The van der Waals surface area contributed by atoms with Gasteiger partial charge in [-0.1, -0.05) is 43.3 Å². The van der Waals surface area contributed by atoms with Crippen molar-refractivity contribution < 1.29 is 19.4 Å². The van der Waals surface area contributed by atoms with Gasteiger partial charge in [-0.15, -0.1) is 0 Å². The van der Waals surface area contributed by atoms with E-state index in [2.05, 4.69) is 12.1 Å². The molecule has 2 heterocycles. The molecule has 5 nitrogen and oxygen atoms in total. The summed E-state index contributed by atoms with van der Waals surface area (Å²) in [5.74, 6) is -0.539. The Balaban J connectivity index is 1.53. The number of carboxylic acid groups (broad SMARTS) is 1. The fourth-order valence-corrected chi connectivity index (χ4v) is 6.02. The third-order valence-electron chi connectivity index (χ3n) is 7.16. The van der Waals surface area contributed by atoms with Crippen molar-refractivity contribution in [1.82, 2.24) is 4.90 Å². The molecule has 4 atom stereocenters. The molecule has 1 amide bonds. The van der Waals surface area contributed by atoms with Crippen molar-refractivity contribution in [2.75, 3.05) is 6.54 Å². The molecule has 5 heteroatoms. The number of ether oxygens (including phenoxy) is 1. The lowest BCUT2D eigenvalue weighted by atomic mass is 9.74. The molecule has 4 unspecified atom stereocenters. The van der Waals surface area contributed by atoms with Gasteiger partial charge in [0.1, 0.15) is 12.4 Å². The maximum atomic E-state index is 12.8. The number of aliphatic carboxylic acids is 1. The third-order valence-corrected chi connectivity index (χ3v) is 7.16. The molecule has 5 rings (SSSR count). The number of carboxylic acids is 1. The molecular formula is C24H25NO4. The summed E-state index contributed by atoms with van der Waals surface area (Å²) in [5.41, 5.74) is 2.91. The van der Waals surface area contributed by atoms with Crippen LogP contribution in [0.4, 0.5) is 0 Å². The minimum absolute atomic E-state index is 0.0351. The first-order chi connectivity index (χ1) is 14.0. The van der Waals surface area contributed by atoms with Crippen LogP contribution in [0.15, 0.2) is 48.5 Å². The van der Waals surface area contributed by atoms with E-state index < -0.39 is 17.4 Å². The molecule has 2 fully saturated rings. The Bertz CT molecular complexity index is 972. The van der Waals surface area contributed by atoms with E-state index in [0.29, 0.717) is 26.0 Å². The predicted molar refractivity (Wildman–Crippen MR) is 107 cm³/mol. The summed E-state index contributed by atoms with van der Waals surface area (Å²) in [7, 11) is 0. The first kappa shape index (κ1) is 18.2. The quantitative estimate of drug-likeness (QED) is 0.865. The van der Waals surface area contributed by atoms with E-state index >= 15 is 0 Å². The number of fused-ring (bicyclic) bond motifs is 1. The number of carbonyl (C=O) groups is 2. The minimum atomic E-state index is -0.780. The molecule has 2 aliphatic heterocycles. The second kappa shape index (κ2) is 6.61. The third kappa shape index (κ3) is 2.67. The molecular weight excluding hydrogens is 366 g/mol. The topological polar surface area (TPSA) is 66.8 Å². The monoisotopic (exact) mass is 391 g/mol. The second-order valence-corrected chi connectivity index (χ2v) is 8.67. The summed E-state index contributed by atoms with van der Waals surface area (Å²) >= 11 is 0. The average molecular weight is 391 g/mol. The van der Waals surface area contributed by atoms with Gasteiger partial charge in [-0.05, 0) is 47.6 Å². The van der Waals surface area contributed by atoms with Crippen LogP contribution in [-0.4, -0.2) is 28.4 Å². The Morgan fingerprint density at radius 1 is 1.24 bits per heavy atom. The fourth-order valence-electron chi connectivity index (χ4n) is 6.02. The predicted octanol–water partition coefficient (Wildman–Crippen LogP) is 3.61. The van der Waals surface area contributed by atoms with Gasteiger partial charge in [0.25, 0.3) is 0 Å². The molecule has 29 heavy (non-hydrogen) atoms. The highest BCUT2D eigenvalue weighted by Gasteiger charge is 2.65. The molecule has 0 bridgehead atoms. The van der Waals surface area contributed by atoms with Gasteiger partial charge in [0.05, 0.1) is 11.5 Å². The molecule has 0 radical (unpaired) electrons. The number of nitrogens with zero attached hydrogens (tertiary/aromatic N) is 1. The summed E-state index contributed by atoms with van der Waals surface area (Å²) in [6, 6.07) is 16.2. The fraction of sp³-hybridized carbons (Fsp3) is 0.417.